The predicted molar refractivity (Wildman–Crippen MR) is 77.7 cm³/mol. The molecule has 1 aromatic carbocycles. The first-order chi connectivity index (χ1) is 9.08. The molecule has 0 saturated heterocycles. The van der Waals surface area contributed by atoms with E-state index in [9.17, 15) is 5.26 Å². The molecule has 1 fully saturated rings. The highest BCUT2D eigenvalue weighted by Crippen LogP contribution is 2.44. The van der Waals surface area contributed by atoms with Gasteiger partial charge in [0.25, 0.3) is 0 Å². The molecule has 3 nitrogen and oxygen atoms in total. The Balaban J connectivity index is 2.29. The van der Waals surface area contributed by atoms with Gasteiger partial charge in [-0.15, -0.1) is 0 Å². The van der Waals surface area contributed by atoms with Gasteiger partial charge in [0.05, 0.1) is 6.07 Å². The zero-order chi connectivity index (χ0) is 13.9. The van der Waals surface area contributed by atoms with E-state index in [4.69, 9.17) is 0 Å². The fourth-order valence-corrected chi connectivity index (χ4v) is 3.25. The maximum Gasteiger partial charge on any atom is 0.106 e. The zero-order valence-corrected chi connectivity index (χ0v) is 12.1. The molecule has 0 spiro atoms. The molecule has 0 unspecified atom stereocenters. The molecular weight excluding hydrogens is 234 g/mol. The molecule has 1 N–H and O–H groups in total. The monoisotopic (exact) mass is 257 g/mol. The molecule has 2 rings (SSSR count). The van der Waals surface area contributed by atoms with Crippen molar-refractivity contribution in [2.75, 3.05) is 21.1 Å². The Morgan fingerprint density at radius 2 is 1.68 bits per heavy atom. The van der Waals surface area contributed by atoms with Gasteiger partial charge in [-0.1, -0.05) is 30.3 Å². The number of nitrogens with one attached hydrogen (secondary N) is 1. The van der Waals surface area contributed by atoms with E-state index in [1.54, 1.807) is 0 Å². The molecule has 1 aromatic rings. The molecule has 0 amide bonds. The van der Waals surface area contributed by atoms with Gasteiger partial charge in [0.2, 0.25) is 0 Å². The van der Waals surface area contributed by atoms with Crippen LogP contribution in [0.4, 0.5) is 0 Å². The molecule has 0 aromatic heterocycles. The van der Waals surface area contributed by atoms with Crippen LogP contribution in [-0.4, -0.2) is 31.6 Å². The van der Waals surface area contributed by atoms with Crippen LogP contribution in [0.1, 0.15) is 31.2 Å². The summed E-state index contributed by atoms with van der Waals surface area (Å²) in [6.45, 7) is 0. The Morgan fingerprint density at radius 3 is 2.11 bits per heavy atom. The Hall–Kier alpha value is -1.37. The van der Waals surface area contributed by atoms with Crippen LogP contribution in [-0.2, 0) is 5.54 Å². The maximum atomic E-state index is 9.39. The molecular formula is C16H23N3. The fraction of sp³-hybridized carbons (Fsp3) is 0.562. The second-order valence-electron chi connectivity index (χ2n) is 5.74. The Kier molecular flexibility index (Phi) is 3.93. The third kappa shape index (κ3) is 2.39. The molecule has 1 aliphatic carbocycles. The summed E-state index contributed by atoms with van der Waals surface area (Å²) in [5, 5.41) is 12.6. The van der Waals surface area contributed by atoms with Crippen molar-refractivity contribution in [1.82, 2.24) is 10.2 Å². The summed E-state index contributed by atoms with van der Waals surface area (Å²) in [7, 11) is 6.19. The minimum Gasteiger partial charge on any atom is -0.302 e. The van der Waals surface area contributed by atoms with Gasteiger partial charge in [-0.25, -0.2) is 0 Å². The van der Waals surface area contributed by atoms with Gasteiger partial charge in [0.15, 0.2) is 0 Å². The smallest absolute Gasteiger partial charge is 0.106 e. The molecule has 0 heterocycles. The average molecular weight is 257 g/mol. The van der Waals surface area contributed by atoms with Crippen molar-refractivity contribution in [3.63, 3.8) is 0 Å². The summed E-state index contributed by atoms with van der Waals surface area (Å²) in [6.07, 6.45) is 3.82. The standard InChI is InChI=1S/C16H23N3/c1-18-15(13-17)9-11-16(12-10-15,19(2)3)14-7-5-4-6-8-14/h4-8,18H,9-12H2,1-3H3. The molecule has 3 heteroatoms. The summed E-state index contributed by atoms with van der Waals surface area (Å²) in [6, 6.07) is 13.1. The van der Waals surface area contributed by atoms with Crippen molar-refractivity contribution in [2.45, 2.75) is 36.8 Å². The van der Waals surface area contributed by atoms with Gasteiger partial charge in [-0.3, -0.25) is 4.90 Å². The lowest BCUT2D eigenvalue weighted by Crippen LogP contribution is -2.53. The van der Waals surface area contributed by atoms with Gasteiger partial charge in [0.1, 0.15) is 5.54 Å². The Morgan fingerprint density at radius 1 is 1.11 bits per heavy atom. The van der Waals surface area contributed by atoms with E-state index in [2.05, 4.69) is 60.7 Å². The third-order valence-corrected chi connectivity index (χ3v) is 4.79. The van der Waals surface area contributed by atoms with Crippen molar-refractivity contribution in [2.24, 2.45) is 0 Å². The minimum atomic E-state index is -0.339. The van der Waals surface area contributed by atoms with Crippen molar-refractivity contribution in [1.29, 1.82) is 5.26 Å². The van der Waals surface area contributed by atoms with Gasteiger partial charge < -0.3 is 5.32 Å². The lowest BCUT2D eigenvalue weighted by Gasteiger charge is -2.47. The molecule has 0 aliphatic heterocycles. The highest BCUT2D eigenvalue weighted by Gasteiger charge is 2.44. The van der Waals surface area contributed by atoms with Crippen molar-refractivity contribution >= 4 is 0 Å². The van der Waals surface area contributed by atoms with E-state index in [1.165, 1.54) is 5.56 Å². The number of nitriles is 1. The van der Waals surface area contributed by atoms with Crippen molar-refractivity contribution < 1.29 is 0 Å². The summed E-state index contributed by atoms with van der Waals surface area (Å²) >= 11 is 0. The van der Waals surface area contributed by atoms with E-state index in [-0.39, 0.29) is 11.1 Å². The highest BCUT2D eigenvalue weighted by atomic mass is 15.2. The van der Waals surface area contributed by atoms with E-state index in [0.717, 1.165) is 25.7 Å². The van der Waals surface area contributed by atoms with Crippen LogP contribution >= 0.6 is 0 Å². The second kappa shape index (κ2) is 5.32. The van der Waals surface area contributed by atoms with E-state index < -0.39 is 0 Å². The van der Waals surface area contributed by atoms with E-state index in [0.29, 0.717) is 0 Å². The van der Waals surface area contributed by atoms with Crippen LogP contribution in [0.3, 0.4) is 0 Å². The molecule has 102 valence electrons. The third-order valence-electron chi connectivity index (χ3n) is 4.79. The SMILES string of the molecule is CNC1(C#N)CCC(c2ccccc2)(N(C)C)CC1. The summed E-state index contributed by atoms with van der Waals surface area (Å²) < 4.78 is 0. The minimum absolute atomic E-state index is 0.0679. The Bertz CT molecular complexity index is 451. The second-order valence-corrected chi connectivity index (χ2v) is 5.74. The number of nitrogens with zero attached hydrogens (tertiary/aromatic N) is 2. The van der Waals surface area contributed by atoms with Gasteiger partial charge in [-0.2, -0.15) is 5.26 Å². The van der Waals surface area contributed by atoms with E-state index in [1.807, 2.05) is 7.05 Å². The molecule has 0 bridgehead atoms. The molecule has 1 aliphatic rings. The topological polar surface area (TPSA) is 39.1 Å². The van der Waals surface area contributed by atoms with Crippen molar-refractivity contribution in [3.05, 3.63) is 35.9 Å². The fourth-order valence-electron chi connectivity index (χ4n) is 3.25. The highest BCUT2D eigenvalue weighted by molar-refractivity contribution is 5.27. The average Bonchev–Trinajstić information content (AvgIpc) is 2.48. The quantitative estimate of drug-likeness (QED) is 0.904. The van der Waals surface area contributed by atoms with Crippen LogP contribution < -0.4 is 5.32 Å². The van der Waals surface area contributed by atoms with Crippen LogP contribution in [0, 0.1) is 11.3 Å². The molecule has 0 atom stereocenters. The molecule has 0 radical (unpaired) electrons. The normalized spacial score (nSPS) is 31.1. The van der Waals surface area contributed by atoms with E-state index >= 15 is 0 Å². The first-order valence-corrected chi connectivity index (χ1v) is 6.92. The zero-order valence-electron chi connectivity index (χ0n) is 12.1. The number of hydrogen-bond donors (Lipinski definition) is 1. The number of hydrogen-bond acceptors (Lipinski definition) is 3. The van der Waals surface area contributed by atoms with Gasteiger partial charge in [-0.05, 0) is 52.4 Å². The lowest BCUT2D eigenvalue weighted by molar-refractivity contribution is 0.0725. The Labute approximate surface area is 116 Å². The first kappa shape index (κ1) is 14.0. The van der Waals surface area contributed by atoms with Crippen LogP contribution in [0.15, 0.2) is 30.3 Å². The van der Waals surface area contributed by atoms with Gasteiger partial charge in [0, 0.05) is 5.54 Å². The van der Waals surface area contributed by atoms with Crippen LogP contribution in [0.2, 0.25) is 0 Å². The summed E-state index contributed by atoms with van der Waals surface area (Å²) in [5.74, 6) is 0. The molecule has 19 heavy (non-hydrogen) atoms. The largest absolute Gasteiger partial charge is 0.302 e. The van der Waals surface area contributed by atoms with Crippen LogP contribution in [0.25, 0.3) is 0 Å². The maximum absolute atomic E-state index is 9.39. The van der Waals surface area contributed by atoms with Crippen molar-refractivity contribution in [3.8, 4) is 6.07 Å². The number of rotatable bonds is 3. The lowest BCUT2D eigenvalue weighted by atomic mass is 9.69. The number of benzene rings is 1. The molecule has 1 saturated carbocycles. The first-order valence-electron chi connectivity index (χ1n) is 6.92. The summed E-state index contributed by atoms with van der Waals surface area (Å²) in [4.78, 5) is 2.32. The summed E-state index contributed by atoms with van der Waals surface area (Å²) in [5.41, 5.74) is 1.09. The van der Waals surface area contributed by atoms with Gasteiger partial charge >= 0.3 is 0 Å². The predicted octanol–water partition coefficient (Wildman–Crippen LogP) is 2.50. The van der Waals surface area contributed by atoms with Crippen LogP contribution in [0.5, 0.6) is 0 Å².